The first-order chi connectivity index (χ1) is 9.11. The first kappa shape index (κ1) is 14.1. The number of piperazine rings is 1. The van der Waals surface area contributed by atoms with E-state index in [-0.39, 0.29) is 0 Å². The fourth-order valence-corrected chi connectivity index (χ4v) is 2.50. The maximum absolute atomic E-state index is 4.69. The first-order valence-corrected chi connectivity index (χ1v) is 7.14. The Morgan fingerprint density at radius 2 is 2.21 bits per heavy atom. The van der Waals surface area contributed by atoms with E-state index in [9.17, 15) is 0 Å². The minimum Gasteiger partial charge on any atom is -0.354 e. The Hall–Kier alpha value is -1.36. The predicted octanol–water partition coefficient (Wildman–Crippen LogP) is 1.75. The van der Waals surface area contributed by atoms with Gasteiger partial charge in [-0.15, -0.1) is 0 Å². The van der Waals surface area contributed by atoms with E-state index in [2.05, 4.69) is 47.9 Å². The van der Waals surface area contributed by atoms with Gasteiger partial charge >= 0.3 is 0 Å². The number of nitrogens with zero attached hydrogens (tertiary/aromatic N) is 4. The van der Waals surface area contributed by atoms with Gasteiger partial charge in [-0.3, -0.25) is 0 Å². The molecule has 1 aliphatic rings. The van der Waals surface area contributed by atoms with Gasteiger partial charge in [-0.05, 0) is 27.3 Å². The molecule has 0 saturated carbocycles. The van der Waals surface area contributed by atoms with Gasteiger partial charge in [0.05, 0.1) is 0 Å². The summed E-state index contributed by atoms with van der Waals surface area (Å²) in [5, 5.41) is 3.27. The van der Waals surface area contributed by atoms with Crippen molar-refractivity contribution >= 4 is 11.8 Å². The van der Waals surface area contributed by atoms with Gasteiger partial charge in [0.25, 0.3) is 0 Å². The van der Waals surface area contributed by atoms with Gasteiger partial charge in [-0.1, -0.05) is 6.92 Å². The van der Waals surface area contributed by atoms with E-state index in [1.54, 1.807) is 0 Å². The maximum Gasteiger partial charge on any atom is 0.224 e. The Morgan fingerprint density at radius 3 is 2.89 bits per heavy atom. The first-order valence-electron chi connectivity index (χ1n) is 7.14. The Kier molecular flexibility index (Phi) is 4.58. The highest BCUT2D eigenvalue weighted by molar-refractivity contribution is 5.50. The summed E-state index contributed by atoms with van der Waals surface area (Å²) in [6.45, 7) is 10.6. The van der Waals surface area contributed by atoms with Crippen LogP contribution in [-0.4, -0.2) is 54.1 Å². The molecule has 1 unspecified atom stereocenters. The number of aryl methyl sites for hydroxylation is 1. The van der Waals surface area contributed by atoms with Crippen molar-refractivity contribution in [3.8, 4) is 0 Å². The third-order valence-corrected chi connectivity index (χ3v) is 3.58. The lowest BCUT2D eigenvalue weighted by Gasteiger charge is -2.39. The fourth-order valence-electron chi connectivity index (χ4n) is 2.50. The van der Waals surface area contributed by atoms with Crippen LogP contribution in [0.1, 0.15) is 25.8 Å². The molecule has 0 radical (unpaired) electrons. The Labute approximate surface area is 116 Å². The van der Waals surface area contributed by atoms with Crippen LogP contribution in [0.4, 0.5) is 11.8 Å². The van der Waals surface area contributed by atoms with E-state index in [1.165, 1.54) is 0 Å². The van der Waals surface area contributed by atoms with Crippen molar-refractivity contribution in [3.05, 3.63) is 11.8 Å². The number of nitrogens with one attached hydrogen (secondary N) is 1. The van der Waals surface area contributed by atoms with Crippen molar-refractivity contribution in [1.29, 1.82) is 0 Å². The lowest BCUT2D eigenvalue weighted by Crippen LogP contribution is -2.51. The summed E-state index contributed by atoms with van der Waals surface area (Å²) in [6, 6.07) is 0.492. The molecule has 1 N–H and O–H groups in total. The smallest absolute Gasteiger partial charge is 0.224 e. The standard InChI is InChI=1S/C14H25N5/c1-5-6-15-14-16-9-11(2)13(17-14)19-8-7-18(4)10-12(19)3/h9,12H,5-8,10H2,1-4H3,(H,15,16,17). The van der Waals surface area contributed by atoms with Crippen LogP contribution in [0.3, 0.4) is 0 Å². The summed E-state index contributed by atoms with van der Waals surface area (Å²) in [6.07, 6.45) is 3.00. The molecule has 0 aromatic carbocycles. The number of hydrogen-bond acceptors (Lipinski definition) is 5. The van der Waals surface area contributed by atoms with E-state index in [0.717, 1.165) is 49.9 Å². The third-order valence-electron chi connectivity index (χ3n) is 3.58. The molecule has 19 heavy (non-hydrogen) atoms. The fraction of sp³-hybridized carbons (Fsp3) is 0.714. The lowest BCUT2D eigenvalue weighted by molar-refractivity contribution is 0.274. The van der Waals surface area contributed by atoms with E-state index >= 15 is 0 Å². The zero-order chi connectivity index (χ0) is 13.8. The monoisotopic (exact) mass is 263 g/mol. The molecule has 2 rings (SSSR count). The number of rotatable bonds is 4. The second-order valence-electron chi connectivity index (χ2n) is 5.43. The highest BCUT2D eigenvalue weighted by Crippen LogP contribution is 2.22. The minimum atomic E-state index is 0.492. The Morgan fingerprint density at radius 1 is 1.42 bits per heavy atom. The second kappa shape index (κ2) is 6.19. The molecule has 2 heterocycles. The van der Waals surface area contributed by atoms with Crippen molar-refractivity contribution < 1.29 is 0 Å². The predicted molar refractivity (Wildman–Crippen MR) is 79.9 cm³/mol. The van der Waals surface area contributed by atoms with Gasteiger partial charge in [0.2, 0.25) is 5.95 Å². The number of likely N-dealkylation sites (N-methyl/N-ethyl adjacent to an activating group) is 1. The molecule has 1 atom stereocenters. The summed E-state index contributed by atoms with van der Waals surface area (Å²) in [4.78, 5) is 13.8. The topological polar surface area (TPSA) is 44.3 Å². The molecule has 0 bridgehead atoms. The molecule has 1 fully saturated rings. The molecule has 0 aliphatic carbocycles. The number of aromatic nitrogens is 2. The minimum absolute atomic E-state index is 0.492. The molecule has 5 nitrogen and oxygen atoms in total. The van der Waals surface area contributed by atoms with Crippen LogP contribution in [0.2, 0.25) is 0 Å². The van der Waals surface area contributed by atoms with E-state index in [4.69, 9.17) is 4.98 Å². The van der Waals surface area contributed by atoms with Crippen molar-refractivity contribution in [3.63, 3.8) is 0 Å². The van der Waals surface area contributed by atoms with Crippen molar-refractivity contribution in [1.82, 2.24) is 14.9 Å². The largest absolute Gasteiger partial charge is 0.354 e. The summed E-state index contributed by atoms with van der Waals surface area (Å²) in [7, 11) is 2.18. The Balaban J connectivity index is 2.18. The van der Waals surface area contributed by atoms with Gasteiger partial charge in [0.1, 0.15) is 5.82 Å². The molecular weight excluding hydrogens is 238 g/mol. The highest BCUT2D eigenvalue weighted by atomic mass is 15.3. The third kappa shape index (κ3) is 3.35. The van der Waals surface area contributed by atoms with Crippen LogP contribution in [0.25, 0.3) is 0 Å². The molecule has 1 aliphatic heterocycles. The number of hydrogen-bond donors (Lipinski definition) is 1. The quantitative estimate of drug-likeness (QED) is 0.896. The van der Waals surface area contributed by atoms with Crippen molar-refractivity contribution in [2.24, 2.45) is 0 Å². The second-order valence-corrected chi connectivity index (χ2v) is 5.43. The highest BCUT2D eigenvalue weighted by Gasteiger charge is 2.24. The van der Waals surface area contributed by atoms with E-state index in [0.29, 0.717) is 6.04 Å². The molecule has 1 saturated heterocycles. The van der Waals surface area contributed by atoms with Gasteiger partial charge in [-0.2, -0.15) is 4.98 Å². The number of anilines is 2. The lowest BCUT2D eigenvalue weighted by atomic mass is 10.2. The average molecular weight is 263 g/mol. The summed E-state index contributed by atoms with van der Waals surface area (Å²) >= 11 is 0. The van der Waals surface area contributed by atoms with Crippen molar-refractivity contribution in [2.45, 2.75) is 33.2 Å². The Bertz CT molecular complexity index is 420. The maximum atomic E-state index is 4.69. The molecule has 5 heteroatoms. The summed E-state index contributed by atoms with van der Waals surface area (Å²) in [5.41, 5.74) is 1.15. The molecule has 1 aromatic heterocycles. The van der Waals surface area contributed by atoms with Gasteiger partial charge in [0, 0.05) is 44.0 Å². The summed E-state index contributed by atoms with van der Waals surface area (Å²) in [5.74, 6) is 1.82. The molecular formula is C14H25N5. The molecule has 1 aromatic rings. The summed E-state index contributed by atoms with van der Waals surface area (Å²) < 4.78 is 0. The van der Waals surface area contributed by atoms with Gasteiger partial charge in [0.15, 0.2) is 0 Å². The van der Waals surface area contributed by atoms with Crippen LogP contribution in [0.5, 0.6) is 0 Å². The van der Waals surface area contributed by atoms with Gasteiger partial charge < -0.3 is 15.1 Å². The molecule has 106 valence electrons. The van der Waals surface area contributed by atoms with Gasteiger partial charge in [-0.25, -0.2) is 4.98 Å². The molecule has 0 amide bonds. The van der Waals surface area contributed by atoms with Crippen molar-refractivity contribution in [2.75, 3.05) is 43.4 Å². The van der Waals surface area contributed by atoms with Crippen LogP contribution in [0.15, 0.2) is 6.20 Å². The average Bonchev–Trinajstić information content (AvgIpc) is 2.38. The van der Waals surface area contributed by atoms with Crippen LogP contribution in [-0.2, 0) is 0 Å². The normalized spacial score (nSPS) is 20.6. The van der Waals surface area contributed by atoms with Crippen LogP contribution < -0.4 is 10.2 Å². The SMILES string of the molecule is CCCNc1ncc(C)c(N2CCN(C)CC2C)n1. The van der Waals surface area contributed by atoms with E-state index < -0.39 is 0 Å². The van der Waals surface area contributed by atoms with E-state index in [1.807, 2.05) is 6.20 Å². The zero-order valence-corrected chi connectivity index (χ0v) is 12.5. The van der Waals surface area contributed by atoms with Crippen LogP contribution >= 0.6 is 0 Å². The zero-order valence-electron chi connectivity index (χ0n) is 12.5. The van der Waals surface area contributed by atoms with Crippen LogP contribution in [0, 0.1) is 6.92 Å². The molecule has 0 spiro atoms.